The van der Waals surface area contributed by atoms with E-state index in [0.29, 0.717) is 42.1 Å². The van der Waals surface area contributed by atoms with Crippen LogP contribution < -0.4 is 9.47 Å². The molecule has 0 radical (unpaired) electrons. The summed E-state index contributed by atoms with van der Waals surface area (Å²) < 4.78 is 16.1. The van der Waals surface area contributed by atoms with Gasteiger partial charge >= 0.3 is 0 Å². The third-order valence-corrected chi connectivity index (χ3v) is 5.27. The van der Waals surface area contributed by atoms with Crippen LogP contribution in [0.4, 0.5) is 0 Å². The lowest BCUT2D eigenvalue weighted by atomic mass is 10.1. The molecule has 1 fully saturated rings. The topological polar surface area (TPSA) is 77.7 Å². The minimum absolute atomic E-state index is 0.177. The second-order valence-electron chi connectivity index (χ2n) is 8.02. The lowest BCUT2D eigenvalue weighted by Crippen LogP contribution is -2.39. The third-order valence-electron chi connectivity index (χ3n) is 5.27. The zero-order valence-corrected chi connectivity index (χ0v) is 17.8. The van der Waals surface area contributed by atoms with E-state index in [2.05, 4.69) is 24.0 Å². The fourth-order valence-electron chi connectivity index (χ4n) is 3.80. The average molecular weight is 402 g/mol. The molecule has 0 N–H and O–H groups in total. The molecule has 7 nitrogen and oxygen atoms in total. The number of carbonyl (C=O) groups excluding carboxylic acids is 1. The zero-order valence-electron chi connectivity index (χ0n) is 17.8. The van der Waals surface area contributed by atoms with Crippen LogP contribution in [0.25, 0.3) is 11.4 Å². The molecule has 158 valence electrons. The highest BCUT2D eigenvalue weighted by molar-refractivity contribution is 5.79. The number of rotatable bonds is 9. The van der Waals surface area contributed by atoms with Crippen LogP contribution in [-0.2, 0) is 11.2 Å². The highest BCUT2D eigenvalue weighted by atomic mass is 16.5. The van der Waals surface area contributed by atoms with Crippen molar-refractivity contribution in [1.29, 1.82) is 0 Å². The predicted octanol–water partition coefficient (Wildman–Crippen LogP) is 3.97. The number of carbonyl (C=O) groups is 1. The first-order valence-electron chi connectivity index (χ1n) is 10.3. The Bertz CT molecular complexity index is 790. The molecule has 1 aromatic heterocycles. The van der Waals surface area contributed by atoms with Crippen LogP contribution in [0.1, 0.15) is 45.4 Å². The standard InChI is InChI=1S/C22H31N3O4/c1-15(2)14-25(22(26)16-7-5-6-8-16)10-9-20-23-21(24-29-20)17-11-18(27-3)13-19(12-17)28-4/h11-13,15-16H,5-10,14H2,1-4H3. The van der Waals surface area contributed by atoms with E-state index in [-0.39, 0.29) is 11.8 Å². The first-order chi connectivity index (χ1) is 14.0. The molecule has 1 amide bonds. The molecule has 1 saturated carbocycles. The number of hydrogen-bond donors (Lipinski definition) is 0. The fraction of sp³-hybridized carbons (Fsp3) is 0.591. The van der Waals surface area contributed by atoms with Gasteiger partial charge < -0.3 is 18.9 Å². The molecule has 0 aliphatic heterocycles. The van der Waals surface area contributed by atoms with Gasteiger partial charge in [0, 0.05) is 37.1 Å². The van der Waals surface area contributed by atoms with Crippen LogP contribution in [0.5, 0.6) is 11.5 Å². The van der Waals surface area contributed by atoms with Gasteiger partial charge in [-0.05, 0) is 30.9 Å². The van der Waals surface area contributed by atoms with E-state index in [1.54, 1.807) is 20.3 Å². The van der Waals surface area contributed by atoms with Crippen LogP contribution >= 0.6 is 0 Å². The van der Waals surface area contributed by atoms with Gasteiger partial charge in [-0.25, -0.2) is 0 Å². The van der Waals surface area contributed by atoms with Crippen LogP contribution in [0.2, 0.25) is 0 Å². The lowest BCUT2D eigenvalue weighted by molar-refractivity contribution is -0.135. The van der Waals surface area contributed by atoms with Crippen molar-refractivity contribution >= 4 is 5.91 Å². The van der Waals surface area contributed by atoms with E-state index in [1.165, 1.54) is 0 Å². The van der Waals surface area contributed by atoms with Gasteiger partial charge in [0.2, 0.25) is 17.6 Å². The summed E-state index contributed by atoms with van der Waals surface area (Å²) in [7, 11) is 3.20. The van der Waals surface area contributed by atoms with Crippen molar-refractivity contribution in [1.82, 2.24) is 15.0 Å². The van der Waals surface area contributed by atoms with Gasteiger partial charge in [0.05, 0.1) is 14.2 Å². The summed E-state index contributed by atoms with van der Waals surface area (Å²) >= 11 is 0. The molecule has 0 unspecified atom stereocenters. The molecule has 2 aromatic rings. The van der Waals surface area contributed by atoms with Crippen LogP contribution in [0.3, 0.4) is 0 Å². The Morgan fingerprint density at radius 1 is 1.17 bits per heavy atom. The van der Waals surface area contributed by atoms with E-state index in [0.717, 1.165) is 37.8 Å². The molecule has 1 aromatic carbocycles. The quantitative estimate of drug-likeness (QED) is 0.633. The van der Waals surface area contributed by atoms with E-state index < -0.39 is 0 Å². The van der Waals surface area contributed by atoms with Crippen molar-refractivity contribution < 1.29 is 18.8 Å². The third kappa shape index (κ3) is 5.49. The maximum absolute atomic E-state index is 12.9. The monoisotopic (exact) mass is 401 g/mol. The summed E-state index contributed by atoms with van der Waals surface area (Å²) in [5.41, 5.74) is 0.761. The Labute approximate surface area is 172 Å². The maximum Gasteiger partial charge on any atom is 0.228 e. The number of benzene rings is 1. The van der Waals surface area contributed by atoms with Crippen LogP contribution in [0, 0.1) is 11.8 Å². The molecular formula is C22H31N3O4. The van der Waals surface area contributed by atoms with Crippen molar-refractivity contribution in [2.75, 3.05) is 27.3 Å². The first kappa shape index (κ1) is 21.1. The summed E-state index contributed by atoms with van der Waals surface area (Å²) in [5.74, 6) is 3.20. The molecule has 29 heavy (non-hydrogen) atoms. The van der Waals surface area contributed by atoms with Gasteiger partial charge in [-0.2, -0.15) is 4.98 Å². The largest absolute Gasteiger partial charge is 0.497 e. The Balaban J connectivity index is 1.69. The number of nitrogens with zero attached hydrogens (tertiary/aromatic N) is 3. The highest BCUT2D eigenvalue weighted by Gasteiger charge is 2.27. The van der Waals surface area contributed by atoms with Gasteiger partial charge in [0.15, 0.2) is 0 Å². The van der Waals surface area contributed by atoms with Gasteiger partial charge in [-0.15, -0.1) is 0 Å². The number of aromatic nitrogens is 2. The maximum atomic E-state index is 12.9. The minimum Gasteiger partial charge on any atom is -0.497 e. The second-order valence-corrected chi connectivity index (χ2v) is 8.02. The second kappa shape index (κ2) is 9.76. The van der Waals surface area contributed by atoms with E-state index in [1.807, 2.05) is 17.0 Å². The van der Waals surface area contributed by atoms with Crippen molar-refractivity contribution in [2.24, 2.45) is 11.8 Å². The van der Waals surface area contributed by atoms with Crippen molar-refractivity contribution in [3.8, 4) is 22.9 Å². The molecular weight excluding hydrogens is 370 g/mol. The van der Waals surface area contributed by atoms with E-state index in [9.17, 15) is 4.79 Å². The number of ether oxygens (including phenoxy) is 2. The molecule has 0 atom stereocenters. The smallest absolute Gasteiger partial charge is 0.228 e. The van der Waals surface area contributed by atoms with Crippen molar-refractivity contribution in [3.05, 3.63) is 24.1 Å². The molecule has 0 bridgehead atoms. The summed E-state index contributed by atoms with van der Waals surface area (Å²) in [5, 5.41) is 4.10. The first-order valence-corrected chi connectivity index (χ1v) is 10.3. The number of methoxy groups -OCH3 is 2. The predicted molar refractivity (Wildman–Crippen MR) is 110 cm³/mol. The molecule has 1 heterocycles. The normalized spacial score (nSPS) is 14.4. The van der Waals surface area contributed by atoms with E-state index in [4.69, 9.17) is 14.0 Å². The minimum atomic E-state index is 0.177. The van der Waals surface area contributed by atoms with Crippen LogP contribution in [-0.4, -0.2) is 48.3 Å². The van der Waals surface area contributed by atoms with Crippen molar-refractivity contribution in [3.63, 3.8) is 0 Å². The van der Waals surface area contributed by atoms with Gasteiger partial charge in [-0.1, -0.05) is 31.8 Å². The number of amides is 1. The van der Waals surface area contributed by atoms with Gasteiger partial charge in [-0.3, -0.25) is 4.79 Å². The Morgan fingerprint density at radius 2 is 1.83 bits per heavy atom. The Hall–Kier alpha value is -2.57. The summed E-state index contributed by atoms with van der Waals surface area (Å²) in [6.45, 7) is 5.62. The fourth-order valence-corrected chi connectivity index (χ4v) is 3.80. The summed E-state index contributed by atoms with van der Waals surface area (Å²) in [6.07, 6.45) is 4.87. The highest BCUT2D eigenvalue weighted by Crippen LogP contribution is 2.29. The average Bonchev–Trinajstić information content (AvgIpc) is 3.42. The zero-order chi connectivity index (χ0) is 20.8. The SMILES string of the molecule is COc1cc(OC)cc(-c2noc(CCN(CC(C)C)C(=O)C3CCCC3)n2)c1. The number of hydrogen-bond acceptors (Lipinski definition) is 6. The lowest BCUT2D eigenvalue weighted by Gasteiger charge is -2.26. The van der Waals surface area contributed by atoms with Crippen LogP contribution in [0.15, 0.2) is 22.7 Å². The molecule has 7 heteroatoms. The van der Waals surface area contributed by atoms with Crippen molar-refractivity contribution in [2.45, 2.75) is 46.0 Å². The molecule has 1 aliphatic rings. The Morgan fingerprint density at radius 3 is 2.41 bits per heavy atom. The molecule has 1 aliphatic carbocycles. The van der Waals surface area contributed by atoms with E-state index >= 15 is 0 Å². The summed E-state index contributed by atoms with van der Waals surface area (Å²) in [4.78, 5) is 19.4. The van der Waals surface area contributed by atoms with Gasteiger partial charge in [0.25, 0.3) is 0 Å². The molecule has 0 saturated heterocycles. The molecule has 0 spiro atoms. The Kier molecular flexibility index (Phi) is 7.12. The van der Waals surface area contributed by atoms with Gasteiger partial charge in [0.1, 0.15) is 11.5 Å². The summed E-state index contributed by atoms with van der Waals surface area (Å²) in [6, 6.07) is 5.47. The molecule has 3 rings (SSSR count).